The molecule has 8 heteroatoms. The molecule has 0 radical (unpaired) electrons. The van der Waals surface area contributed by atoms with E-state index in [9.17, 15) is 14.4 Å². The molecule has 8 nitrogen and oxygen atoms in total. The van der Waals surface area contributed by atoms with Gasteiger partial charge in [0.25, 0.3) is 0 Å². The van der Waals surface area contributed by atoms with E-state index in [2.05, 4.69) is 17.4 Å². The van der Waals surface area contributed by atoms with Gasteiger partial charge in [0.2, 0.25) is 5.91 Å². The summed E-state index contributed by atoms with van der Waals surface area (Å²) in [6, 6.07) is 15.7. The van der Waals surface area contributed by atoms with E-state index in [4.69, 9.17) is 14.6 Å². The molecular formula is C25H30N2O6. The van der Waals surface area contributed by atoms with Crippen molar-refractivity contribution in [2.75, 3.05) is 33.4 Å². The molecular weight excluding hydrogens is 424 g/mol. The minimum atomic E-state index is -1.10. The number of alkyl carbamates (subject to hydrolysis) is 1. The lowest BCUT2D eigenvalue weighted by Gasteiger charge is -2.24. The average Bonchev–Trinajstić information content (AvgIpc) is 3.13. The fourth-order valence-electron chi connectivity index (χ4n) is 4.10. The summed E-state index contributed by atoms with van der Waals surface area (Å²) in [6.45, 7) is 2.02. The van der Waals surface area contributed by atoms with Gasteiger partial charge in [-0.25, -0.2) is 4.79 Å². The van der Waals surface area contributed by atoms with Crippen LogP contribution in [0.5, 0.6) is 0 Å². The summed E-state index contributed by atoms with van der Waals surface area (Å²) in [5.74, 6) is -1.51. The number of hydrogen-bond donors (Lipinski definition) is 2. The molecule has 2 aromatic rings. The van der Waals surface area contributed by atoms with E-state index >= 15 is 0 Å². The Labute approximate surface area is 193 Å². The van der Waals surface area contributed by atoms with Crippen LogP contribution in [0.4, 0.5) is 4.79 Å². The normalized spacial score (nSPS) is 13.0. The lowest BCUT2D eigenvalue weighted by Crippen LogP contribution is -2.43. The molecule has 2 N–H and O–H groups in total. The van der Waals surface area contributed by atoms with Crippen LogP contribution in [0.3, 0.4) is 0 Å². The number of methoxy groups -OCH3 is 1. The van der Waals surface area contributed by atoms with Gasteiger partial charge in [-0.05, 0) is 28.7 Å². The van der Waals surface area contributed by atoms with Crippen LogP contribution in [-0.4, -0.2) is 67.4 Å². The van der Waals surface area contributed by atoms with Crippen molar-refractivity contribution in [3.05, 3.63) is 59.7 Å². The molecule has 1 aliphatic rings. The van der Waals surface area contributed by atoms with Gasteiger partial charge in [-0.1, -0.05) is 55.5 Å². The summed E-state index contributed by atoms with van der Waals surface area (Å²) in [5.41, 5.74) is 4.54. The smallest absolute Gasteiger partial charge is 0.407 e. The first-order chi connectivity index (χ1) is 15.9. The van der Waals surface area contributed by atoms with Gasteiger partial charge in [-0.15, -0.1) is 0 Å². The van der Waals surface area contributed by atoms with E-state index in [1.165, 1.54) is 12.0 Å². The summed E-state index contributed by atoms with van der Waals surface area (Å²) in [6.07, 6.45) is -0.114. The van der Waals surface area contributed by atoms with Crippen molar-refractivity contribution in [3.63, 3.8) is 0 Å². The molecule has 0 saturated heterocycles. The zero-order valence-electron chi connectivity index (χ0n) is 19.0. The summed E-state index contributed by atoms with van der Waals surface area (Å²) >= 11 is 0. The standard InChI is InChI=1S/C25H30N2O6/c1-3-17(14-23(28)27(12-13-32-2)15-24(29)30)26-25(31)33-16-22-20-10-6-4-8-18(20)19-9-5-7-11-21(19)22/h4-11,17,22H,3,12-16H2,1-2H3,(H,26,31)(H,29,30). The Hall–Kier alpha value is -3.39. The van der Waals surface area contributed by atoms with Crippen molar-refractivity contribution in [1.29, 1.82) is 0 Å². The second kappa shape index (κ2) is 11.5. The number of carboxylic acids is 1. The number of hydrogen-bond acceptors (Lipinski definition) is 5. The van der Waals surface area contributed by atoms with E-state index in [-0.39, 0.29) is 38.0 Å². The van der Waals surface area contributed by atoms with E-state index in [0.29, 0.717) is 6.42 Å². The quantitative estimate of drug-likeness (QED) is 0.540. The number of aliphatic carboxylic acids is 1. The summed E-state index contributed by atoms with van der Waals surface area (Å²) in [4.78, 5) is 37.4. The van der Waals surface area contributed by atoms with Gasteiger partial charge < -0.3 is 24.8 Å². The molecule has 33 heavy (non-hydrogen) atoms. The molecule has 1 atom stereocenters. The van der Waals surface area contributed by atoms with Crippen LogP contribution in [0, 0.1) is 0 Å². The second-order valence-electron chi connectivity index (χ2n) is 7.98. The number of nitrogens with zero attached hydrogens (tertiary/aromatic N) is 1. The molecule has 3 rings (SSSR count). The fourth-order valence-corrected chi connectivity index (χ4v) is 4.10. The number of rotatable bonds is 11. The fraction of sp³-hybridized carbons (Fsp3) is 0.400. The Kier molecular flexibility index (Phi) is 8.43. The molecule has 0 spiro atoms. The largest absolute Gasteiger partial charge is 0.480 e. The predicted molar refractivity (Wildman–Crippen MR) is 123 cm³/mol. The summed E-state index contributed by atoms with van der Waals surface area (Å²) in [5, 5.41) is 11.8. The number of ether oxygens (including phenoxy) is 2. The lowest BCUT2D eigenvalue weighted by atomic mass is 9.98. The highest BCUT2D eigenvalue weighted by atomic mass is 16.5. The molecule has 0 fully saturated rings. The molecule has 0 saturated carbocycles. The Bertz CT molecular complexity index is 947. The molecule has 0 aliphatic heterocycles. The predicted octanol–water partition coefficient (Wildman–Crippen LogP) is 3.25. The van der Waals surface area contributed by atoms with Crippen LogP contribution >= 0.6 is 0 Å². The minimum Gasteiger partial charge on any atom is -0.480 e. The van der Waals surface area contributed by atoms with E-state index in [1.807, 2.05) is 43.3 Å². The molecule has 0 heterocycles. The summed E-state index contributed by atoms with van der Waals surface area (Å²) in [7, 11) is 1.48. The van der Waals surface area contributed by atoms with E-state index in [1.54, 1.807) is 0 Å². The highest BCUT2D eigenvalue weighted by Crippen LogP contribution is 2.44. The van der Waals surface area contributed by atoms with Crippen molar-refractivity contribution < 1.29 is 29.0 Å². The SMILES string of the molecule is CCC(CC(=O)N(CCOC)CC(=O)O)NC(=O)OCC1c2ccccc2-c2ccccc21. The summed E-state index contributed by atoms with van der Waals surface area (Å²) < 4.78 is 10.5. The van der Waals surface area contributed by atoms with Crippen LogP contribution in [0.2, 0.25) is 0 Å². The number of benzene rings is 2. The minimum absolute atomic E-state index is 0.0162. The third-order valence-corrected chi connectivity index (χ3v) is 5.82. The number of nitrogens with one attached hydrogen (secondary N) is 1. The van der Waals surface area contributed by atoms with Crippen LogP contribution in [0.25, 0.3) is 11.1 Å². The van der Waals surface area contributed by atoms with Crippen molar-refractivity contribution in [2.45, 2.75) is 31.7 Å². The zero-order chi connectivity index (χ0) is 23.8. The molecule has 1 unspecified atom stereocenters. The van der Waals surface area contributed by atoms with E-state index in [0.717, 1.165) is 22.3 Å². The monoisotopic (exact) mass is 454 g/mol. The number of carbonyl (C=O) groups is 3. The Morgan fingerprint density at radius 1 is 1.06 bits per heavy atom. The lowest BCUT2D eigenvalue weighted by molar-refractivity contribution is -0.145. The molecule has 2 amide bonds. The first kappa shape index (κ1) is 24.3. The van der Waals surface area contributed by atoms with Crippen molar-refractivity contribution in [2.24, 2.45) is 0 Å². The third-order valence-electron chi connectivity index (χ3n) is 5.82. The molecule has 1 aliphatic carbocycles. The highest BCUT2D eigenvalue weighted by molar-refractivity contribution is 5.82. The average molecular weight is 455 g/mol. The topological polar surface area (TPSA) is 105 Å². The number of carbonyl (C=O) groups excluding carboxylic acids is 2. The van der Waals surface area contributed by atoms with Crippen molar-refractivity contribution in [3.8, 4) is 11.1 Å². The number of fused-ring (bicyclic) bond motifs is 3. The molecule has 0 bridgehead atoms. The van der Waals surface area contributed by atoms with Crippen LogP contribution < -0.4 is 5.32 Å². The highest BCUT2D eigenvalue weighted by Gasteiger charge is 2.29. The van der Waals surface area contributed by atoms with Gasteiger partial charge >= 0.3 is 12.1 Å². The van der Waals surface area contributed by atoms with Gasteiger partial charge in [-0.2, -0.15) is 0 Å². The first-order valence-corrected chi connectivity index (χ1v) is 11.0. The van der Waals surface area contributed by atoms with Crippen LogP contribution in [0.1, 0.15) is 36.8 Å². The maximum Gasteiger partial charge on any atom is 0.407 e. The third kappa shape index (κ3) is 6.10. The number of amides is 2. The van der Waals surface area contributed by atoms with Crippen molar-refractivity contribution in [1.82, 2.24) is 10.2 Å². The Morgan fingerprint density at radius 3 is 2.21 bits per heavy atom. The van der Waals surface area contributed by atoms with Gasteiger partial charge in [0.05, 0.1) is 6.61 Å². The molecule has 2 aromatic carbocycles. The van der Waals surface area contributed by atoms with Crippen molar-refractivity contribution >= 4 is 18.0 Å². The van der Waals surface area contributed by atoms with Gasteiger partial charge in [0, 0.05) is 32.0 Å². The second-order valence-corrected chi connectivity index (χ2v) is 7.98. The van der Waals surface area contributed by atoms with E-state index < -0.39 is 24.6 Å². The zero-order valence-corrected chi connectivity index (χ0v) is 19.0. The Balaban J connectivity index is 1.58. The maximum absolute atomic E-state index is 12.6. The molecule has 176 valence electrons. The Morgan fingerprint density at radius 2 is 1.67 bits per heavy atom. The number of carboxylic acid groups (broad SMARTS) is 1. The van der Waals surface area contributed by atoms with Crippen LogP contribution in [-0.2, 0) is 19.1 Å². The van der Waals surface area contributed by atoms with Crippen LogP contribution in [0.15, 0.2) is 48.5 Å². The van der Waals surface area contributed by atoms with Gasteiger partial charge in [0.1, 0.15) is 13.2 Å². The van der Waals surface area contributed by atoms with Gasteiger partial charge in [0.15, 0.2) is 0 Å². The van der Waals surface area contributed by atoms with Gasteiger partial charge in [-0.3, -0.25) is 9.59 Å². The molecule has 0 aromatic heterocycles. The first-order valence-electron chi connectivity index (χ1n) is 11.0. The maximum atomic E-state index is 12.6.